The van der Waals surface area contributed by atoms with E-state index in [-0.39, 0.29) is 11.9 Å². The van der Waals surface area contributed by atoms with Gasteiger partial charge in [0.05, 0.1) is 34.6 Å². The van der Waals surface area contributed by atoms with Crippen molar-refractivity contribution in [3.63, 3.8) is 0 Å². The molecule has 1 aliphatic heterocycles. The lowest BCUT2D eigenvalue weighted by molar-refractivity contribution is -0.132. The normalized spacial score (nSPS) is 17.8. The van der Waals surface area contributed by atoms with E-state index in [4.69, 9.17) is 11.6 Å². The molecule has 0 bridgehead atoms. The second-order valence-corrected chi connectivity index (χ2v) is 6.67. The number of aromatic nitrogens is 2. The van der Waals surface area contributed by atoms with Crippen molar-refractivity contribution in [2.75, 3.05) is 7.05 Å². The number of likely N-dealkylation sites (N-methyl/N-ethyl adjacent to an activating group) is 1. The molecule has 20 heavy (non-hydrogen) atoms. The summed E-state index contributed by atoms with van der Waals surface area (Å²) in [6.45, 7) is 1.24. The molecular weight excluding hydrogens is 296 g/mol. The third kappa shape index (κ3) is 2.72. The molecule has 3 rings (SSSR count). The van der Waals surface area contributed by atoms with Crippen molar-refractivity contribution in [2.24, 2.45) is 0 Å². The van der Waals surface area contributed by atoms with Gasteiger partial charge in [0.25, 0.3) is 0 Å². The third-order valence-corrected chi connectivity index (χ3v) is 4.64. The number of hydrogen-bond donors (Lipinski definition) is 2. The van der Waals surface area contributed by atoms with Gasteiger partial charge in [-0.1, -0.05) is 11.6 Å². The lowest BCUT2D eigenvalue weighted by Crippen LogP contribution is -2.48. The highest BCUT2D eigenvalue weighted by Gasteiger charge is 2.28. The summed E-state index contributed by atoms with van der Waals surface area (Å²) in [6, 6.07) is 3.61. The number of nitrogens with one attached hydrogen (secondary N) is 2. The van der Waals surface area contributed by atoms with Crippen LogP contribution in [0.2, 0.25) is 4.34 Å². The van der Waals surface area contributed by atoms with Gasteiger partial charge >= 0.3 is 0 Å². The van der Waals surface area contributed by atoms with Crippen LogP contribution >= 0.6 is 22.9 Å². The summed E-state index contributed by atoms with van der Waals surface area (Å²) >= 11 is 7.41. The highest BCUT2D eigenvalue weighted by Crippen LogP contribution is 2.23. The number of nitrogens with zero attached hydrogens (tertiary/aromatic N) is 2. The standard InChI is InChI=1S/C13H15ClN4OS/c1-18(6-8-2-3-12(14)20-8)13(19)10-4-9-11(5-15-10)17-7-16-9/h2-3,7,10,15H,4-6H2,1H3,(H,16,17). The number of carbonyl (C=O) groups excluding carboxylic acids is 1. The maximum absolute atomic E-state index is 12.4. The Balaban J connectivity index is 1.64. The van der Waals surface area contributed by atoms with Crippen molar-refractivity contribution in [1.29, 1.82) is 0 Å². The zero-order chi connectivity index (χ0) is 14.1. The highest BCUT2D eigenvalue weighted by molar-refractivity contribution is 7.16. The summed E-state index contributed by atoms with van der Waals surface area (Å²) in [7, 11) is 1.82. The first-order valence-corrected chi connectivity index (χ1v) is 7.56. The van der Waals surface area contributed by atoms with Crippen LogP contribution in [0.25, 0.3) is 0 Å². The second kappa shape index (κ2) is 5.55. The fraction of sp³-hybridized carbons (Fsp3) is 0.385. The van der Waals surface area contributed by atoms with Crippen LogP contribution in [0.5, 0.6) is 0 Å². The molecule has 0 fully saturated rings. The number of H-pyrrole nitrogens is 1. The summed E-state index contributed by atoms with van der Waals surface area (Å²) in [5.74, 6) is 0.0863. The Hall–Kier alpha value is -1.37. The number of rotatable bonds is 3. The summed E-state index contributed by atoms with van der Waals surface area (Å²) < 4.78 is 0.748. The van der Waals surface area contributed by atoms with Gasteiger partial charge in [0.1, 0.15) is 0 Å². The molecule has 1 unspecified atom stereocenters. The van der Waals surface area contributed by atoms with Gasteiger partial charge in [-0.3, -0.25) is 10.1 Å². The van der Waals surface area contributed by atoms with Crippen molar-refractivity contribution < 1.29 is 4.79 Å². The fourth-order valence-electron chi connectivity index (χ4n) is 2.36. The molecule has 0 spiro atoms. The molecule has 106 valence electrons. The maximum atomic E-state index is 12.4. The van der Waals surface area contributed by atoms with Crippen molar-refractivity contribution >= 4 is 28.8 Å². The maximum Gasteiger partial charge on any atom is 0.240 e. The first-order chi connectivity index (χ1) is 9.63. The zero-order valence-corrected chi connectivity index (χ0v) is 12.6. The van der Waals surface area contributed by atoms with E-state index in [0.29, 0.717) is 19.5 Å². The van der Waals surface area contributed by atoms with Crippen molar-refractivity contribution in [3.8, 4) is 0 Å². The van der Waals surface area contributed by atoms with Gasteiger partial charge in [-0.2, -0.15) is 0 Å². The van der Waals surface area contributed by atoms with Gasteiger partial charge in [0, 0.05) is 24.9 Å². The summed E-state index contributed by atoms with van der Waals surface area (Å²) in [6.07, 6.45) is 2.31. The van der Waals surface area contributed by atoms with Crippen LogP contribution in [-0.4, -0.2) is 33.9 Å². The predicted octanol–water partition coefficient (Wildman–Crippen LogP) is 1.80. The van der Waals surface area contributed by atoms with Gasteiger partial charge in [0.15, 0.2) is 0 Å². The highest BCUT2D eigenvalue weighted by atomic mass is 35.5. The van der Waals surface area contributed by atoms with E-state index in [0.717, 1.165) is 20.6 Å². The average molecular weight is 311 g/mol. The van der Waals surface area contributed by atoms with Crippen molar-refractivity contribution in [2.45, 2.75) is 25.6 Å². The van der Waals surface area contributed by atoms with Crippen LogP contribution in [0, 0.1) is 0 Å². The van der Waals surface area contributed by atoms with Crippen LogP contribution < -0.4 is 5.32 Å². The predicted molar refractivity (Wildman–Crippen MR) is 78.7 cm³/mol. The summed E-state index contributed by atoms with van der Waals surface area (Å²) in [5, 5.41) is 3.25. The minimum absolute atomic E-state index is 0.0863. The zero-order valence-electron chi connectivity index (χ0n) is 11.0. The Kier molecular flexibility index (Phi) is 3.78. The molecule has 0 radical (unpaired) electrons. The molecule has 2 aromatic heterocycles. The van der Waals surface area contributed by atoms with Gasteiger partial charge in [-0.15, -0.1) is 11.3 Å². The molecule has 0 saturated carbocycles. The monoisotopic (exact) mass is 310 g/mol. The van der Waals surface area contributed by atoms with Crippen molar-refractivity contribution in [3.05, 3.63) is 39.1 Å². The smallest absolute Gasteiger partial charge is 0.240 e. The molecule has 1 atom stereocenters. The van der Waals surface area contributed by atoms with Gasteiger partial charge in [-0.25, -0.2) is 4.98 Å². The topological polar surface area (TPSA) is 61.0 Å². The van der Waals surface area contributed by atoms with Crippen LogP contribution in [-0.2, 0) is 24.3 Å². The second-order valence-electron chi connectivity index (χ2n) is 4.87. The minimum atomic E-state index is -0.203. The van der Waals surface area contributed by atoms with Crippen LogP contribution in [0.3, 0.4) is 0 Å². The van der Waals surface area contributed by atoms with E-state index in [1.54, 1.807) is 11.2 Å². The number of thiophene rings is 1. The number of hydrogen-bond acceptors (Lipinski definition) is 4. The number of amides is 1. The van der Waals surface area contributed by atoms with E-state index in [1.165, 1.54) is 11.3 Å². The Morgan fingerprint density at radius 3 is 3.20 bits per heavy atom. The minimum Gasteiger partial charge on any atom is -0.347 e. The Morgan fingerprint density at radius 1 is 1.60 bits per heavy atom. The van der Waals surface area contributed by atoms with Gasteiger partial charge in [-0.05, 0) is 12.1 Å². The van der Waals surface area contributed by atoms with E-state index in [9.17, 15) is 4.79 Å². The molecule has 1 amide bonds. The third-order valence-electron chi connectivity index (χ3n) is 3.43. The van der Waals surface area contributed by atoms with Crippen molar-refractivity contribution in [1.82, 2.24) is 20.2 Å². The number of aromatic amines is 1. The number of fused-ring (bicyclic) bond motifs is 1. The Morgan fingerprint density at radius 2 is 2.45 bits per heavy atom. The Bertz CT molecular complexity index is 623. The molecule has 3 heterocycles. The Labute approximate surface area is 126 Å². The van der Waals surface area contributed by atoms with E-state index in [1.807, 2.05) is 19.2 Å². The lowest BCUT2D eigenvalue weighted by Gasteiger charge is -2.26. The molecule has 5 nitrogen and oxygen atoms in total. The first-order valence-electron chi connectivity index (χ1n) is 6.37. The van der Waals surface area contributed by atoms with Crippen LogP contribution in [0.4, 0.5) is 0 Å². The molecule has 0 saturated heterocycles. The molecule has 2 aromatic rings. The van der Waals surface area contributed by atoms with Gasteiger partial charge < -0.3 is 9.88 Å². The van der Waals surface area contributed by atoms with Crippen LogP contribution in [0.1, 0.15) is 16.3 Å². The fourth-order valence-corrected chi connectivity index (χ4v) is 3.50. The lowest BCUT2D eigenvalue weighted by atomic mass is 10.0. The molecule has 0 aliphatic carbocycles. The van der Waals surface area contributed by atoms with E-state index < -0.39 is 0 Å². The quantitative estimate of drug-likeness (QED) is 0.909. The summed E-state index contributed by atoms with van der Waals surface area (Å²) in [4.78, 5) is 22.6. The van der Waals surface area contributed by atoms with E-state index in [2.05, 4.69) is 15.3 Å². The number of imidazole rings is 1. The van der Waals surface area contributed by atoms with Gasteiger partial charge in [0.2, 0.25) is 5.91 Å². The molecular formula is C13H15ClN4OS. The summed E-state index contributed by atoms with van der Waals surface area (Å²) in [5.41, 5.74) is 2.05. The number of carbonyl (C=O) groups is 1. The number of halogens is 1. The SMILES string of the molecule is CN(Cc1ccc(Cl)s1)C(=O)C1Cc2nc[nH]c2CN1. The van der Waals surface area contributed by atoms with E-state index >= 15 is 0 Å². The molecule has 1 aliphatic rings. The van der Waals surface area contributed by atoms with Crippen LogP contribution in [0.15, 0.2) is 18.5 Å². The molecule has 2 N–H and O–H groups in total. The molecule has 7 heteroatoms. The largest absolute Gasteiger partial charge is 0.347 e. The molecule has 0 aromatic carbocycles. The first kappa shape index (κ1) is 13.6. The average Bonchev–Trinajstić information content (AvgIpc) is 3.05.